The molecule has 3 heteroatoms. The molecule has 70 valence electrons. The molecule has 0 atom stereocenters. The number of aliphatic hydroxyl groups is 1. The molecule has 1 aromatic carbocycles. The average Bonchev–Trinajstić information content (AvgIpc) is 2.21. The number of aliphatic hydroxyl groups excluding tert-OH is 1. The van der Waals surface area contributed by atoms with E-state index in [2.05, 4.69) is 16.8 Å². The van der Waals surface area contributed by atoms with Crippen LogP contribution in [0.3, 0.4) is 0 Å². The number of hydrogen-bond acceptors (Lipinski definition) is 3. The SMILES string of the molecule is O=C=Nc1ccc(C#CCCO)cc1. The van der Waals surface area contributed by atoms with Crippen molar-refractivity contribution in [3.05, 3.63) is 29.8 Å². The van der Waals surface area contributed by atoms with Gasteiger partial charge in [0, 0.05) is 12.0 Å². The van der Waals surface area contributed by atoms with Crippen LogP contribution in [0.25, 0.3) is 0 Å². The van der Waals surface area contributed by atoms with Crippen LogP contribution in [0, 0.1) is 11.8 Å². The number of carbonyl (C=O) groups excluding carboxylic acids is 1. The smallest absolute Gasteiger partial charge is 0.240 e. The molecule has 0 aliphatic heterocycles. The van der Waals surface area contributed by atoms with Crippen LogP contribution in [0.1, 0.15) is 12.0 Å². The molecule has 0 radical (unpaired) electrons. The summed E-state index contributed by atoms with van der Waals surface area (Å²) in [5, 5.41) is 8.50. The fraction of sp³-hybridized carbons (Fsp3) is 0.182. The highest BCUT2D eigenvalue weighted by molar-refractivity contribution is 5.51. The lowest BCUT2D eigenvalue weighted by Crippen LogP contribution is -1.77. The minimum Gasteiger partial charge on any atom is -0.395 e. The van der Waals surface area contributed by atoms with Crippen molar-refractivity contribution in [2.45, 2.75) is 6.42 Å². The van der Waals surface area contributed by atoms with Crippen molar-refractivity contribution in [3.63, 3.8) is 0 Å². The van der Waals surface area contributed by atoms with Crippen molar-refractivity contribution >= 4 is 11.8 Å². The minimum atomic E-state index is 0.0700. The van der Waals surface area contributed by atoms with Crippen molar-refractivity contribution in [2.75, 3.05) is 6.61 Å². The van der Waals surface area contributed by atoms with Gasteiger partial charge in [-0.1, -0.05) is 11.8 Å². The van der Waals surface area contributed by atoms with E-state index in [1.54, 1.807) is 24.3 Å². The first-order valence-corrected chi connectivity index (χ1v) is 4.14. The lowest BCUT2D eigenvalue weighted by Gasteiger charge is -1.90. The second-order valence-electron chi connectivity index (χ2n) is 2.53. The highest BCUT2D eigenvalue weighted by Gasteiger charge is 1.88. The molecule has 1 rings (SSSR count). The summed E-state index contributed by atoms with van der Waals surface area (Å²) in [4.78, 5) is 13.4. The minimum absolute atomic E-state index is 0.0700. The van der Waals surface area contributed by atoms with E-state index < -0.39 is 0 Å². The zero-order chi connectivity index (χ0) is 10.2. The second kappa shape index (κ2) is 5.71. The van der Waals surface area contributed by atoms with Gasteiger partial charge in [0.15, 0.2) is 0 Å². The van der Waals surface area contributed by atoms with Gasteiger partial charge in [0.2, 0.25) is 6.08 Å². The normalized spacial score (nSPS) is 8.36. The Morgan fingerprint density at radius 2 is 2.00 bits per heavy atom. The molecular weight excluding hydrogens is 178 g/mol. The van der Waals surface area contributed by atoms with Gasteiger partial charge >= 0.3 is 0 Å². The first-order chi connectivity index (χ1) is 6.86. The van der Waals surface area contributed by atoms with E-state index in [1.807, 2.05) is 0 Å². The molecule has 0 aliphatic rings. The Kier molecular flexibility index (Phi) is 4.16. The fourth-order valence-corrected chi connectivity index (χ4v) is 0.892. The molecule has 0 spiro atoms. The highest BCUT2D eigenvalue weighted by Crippen LogP contribution is 2.11. The lowest BCUT2D eigenvalue weighted by molar-refractivity contribution is 0.305. The second-order valence-corrected chi connectivity index (χ2v) is 2.53. The van der Waals surface area contributed by atoms with Crippen LogP contribution in [0.2, 0.25) is 0 Å². The summed E-state index contributed by atoms with van der Waals surface area (Å²) in [6, 6.07) is 6.91. The third-order valence-electron chi connectivity index (χ3n) is 1.51. The molecule has 0 aliphatic carbocycles. The van der Waals surface area contributed by atoms with Gasteiger partial charge in [-0.05, 0) is 24.3 Å². The molecule has 14 heavy (non-hydrogen) atoms. The largest absolute Gasteiger partial charge is 0.395 e. The third-order valence-corrected chi connectivity index (χ3v) is 1.51. The Morgan fingerprint density at radius 3 is 2.57 bits per heavy atom. The molecule has 0 fully saturated rings. The zero-order valence-electron chi connectivity index (χ0n) is 7.53. The van der Waals surface area contributed by atoms with E-state index in [4.69, 9.17) is 5.11 Å². The summed E-state index contributed by atoms with van der Waals surface area (Å²) < 4.78 is 0. The maximum absolute atomic E-state index is 9.92. The van der Waals surface area contributed by atoms with E-state index in [0.29, 0.717) is 12.1 Å². The van der Waals surface area contributed by atoms with E-state index in [9.17, 15) is 4.79 Å². The Hall–Kier alpha value is -1.88. The quantitative estimate of drug-likeness (QED) is 0.432. The van der Waals surface area contributed by atoms with E-state index >= 15 is 0 Å². The van der Waals surface area contributed by atoms with Crippen molar-refractivity contribution in [3.8, 4) is 11.8 Å². The van der Waals surface area contributed by atoms with Crippen molar-refractivity contribution < 1.29 is 9.90 Å². The summed E-state index contributed by atoms with van der Waals surface area (Å²) in [5.41, 5.74) is 1.40. The van der Waals surface area contributed by atoms with Gasteiger partial charge in [-0.15, -0.1) is 0 Å². The predicted octanol–water partition coefficient (Wildman–Crippen LogP) is 1.39. The Balaban J connectivity index is 2.74. The molecular formula is C11H9NO2. The molecule has 0 amide bonds. The van der Waals surface area contributed by atoms with Gasteiger partial charge < -0.3 is 5.11 Å². The van der Waals surface area contributed by atoms with Gasteiger partial charge in [0.25, 0.3) is 0 Å². The van der Waals surface area contributed by atoms with Crippen molar-refractivity contribution in [1.29, 1.82) is 0 Å². The maximum Gasteiger partial charge on any atom is 0.240 e. The summed E-state index contributed by atoms with van der Waals surface area (Å²) in [6.45, 7) is 0.0700. The lowest BCUT2D eigenvalue weighted by atomic mass is 10.2. The molecule has 0 unspecified atom stereocenters. The standard InChI is InChI=1S/C11H9NO2/c13-8-2-1-3-10-4-6-11(7-5-10)12-9-14/h4-7,13H,2,8H2. The van der Waals surface area contributed by atoms with Crippen LogP contribution < -0.4 is 0 Å². The number of rotatable bonds is 2. The van der Waals surface area contributed by atoms with Crippen LogP contribution in [0.4, 0.5) is 5.69 Å². The van der Waals surface area contributed by atoms with Gasteiger partial charge in [-0.2, -0.15) is 4.99 Å². The molecule has 0 saturated carbocycles. The van der Waals surface area contributed by atoms with Crippen LogP contribution in [-0.2, 0) is 4.79 Å². The van der Waals surface area contributed by atoms with Gasteiger partial charge in [-0.3, -0.25) is 0 Å². The molecule has 0 heterocycles. The summed E-state index contributed by atoms with van der Waals surface area (Å²) in [5.74, 6) is 5.66. The highest BCUT2D eigenvalue weighted by atomic mass is 16.2. The average molecular weight is 187 g/mol. The van der Waals surface area contributed by atoms with Crippen LogP contribution in [0.15, 0.2) is 29.3 Å². The van der Waals surface area contributed by atoms with Crippen LogP contribution in [-0.4, -0.2) is 17.8 Å². The van der Waals surface area contributed by atoms with Crippen molar-refractivity contribution in [2.24, 2.45) is 4.99 Å². The van der Waals surface area contributed by atoms with Gasteiger partial charge in [0.05, 0.1) is 12.3 Å². The molecule has 1 aromatic rings. The number of aliphatic imine (C=N–C) groups is 1. The third kappa shape index (κ3) is 3.24. The number of nitrogens with zero attached hydrogens (tertiary/aromatic N) is 1. The Bertz CT molecular complexity index is 392. The molecule has 0 aromatic heterocycles. The monoisotopic (exact) mass is 187 g/mol. The van der Waals surface area contributed by atoms with E-state index in [1.165, 1.54) is 6.08 Å². The summed E-state index contributed by atoms with van der Waals surface area (Å²) >= 11 is 0. The summed E-state index contributed by atoms with van der Waals surface area (Å²) in [7, 11) is 0. The number of isocyanates is 1. The van der Waals surface area contributed by atoms with Crippen molar-refractivity contribution in [1.82, 2.24) is 0 Å². The van der Waals surface area contributed by atoms with Gasteiger partial charge in [-0.25, -0.2) is 4.79 Å². The van der Waals surface area contributed by atoms with Gasteiger partial charge in [0.1, 0.15) is 0 Å². The number of benzene rings is 1. The Labute approximate surface area is 82.1 Å². The maximum atomic E-state index is 9.92. The Morgan fingerprint density at radius 1 is 1.29 bits per heavy atom. The van der Waals surface area contributed by atoms with Crippen LogP contribution >= 0.6 is 0 Å². The molecule has 1 N–H and O–H groups in total. The first-order valence-electron chi connectivity index (χ1n) is 4.14. The molecule has 0 bridgehead atoms. The summed E-state index contributed by atoms with van der Waals surface area (Å²) in [6.07, 6.45) is 1.93. The van der Waals surface area contributed by atoms with E-state index in [0.717, 1.165) is 5.56 Å². The topological polar surface area (TPSA) is 49.7 Å². The molecule has 3 nitrogen and oxygen atoms in total. The predicted molar refractivity (Wildman–Crippen MR) is 52.8 cm³/mol. The number of hydrogen-bond donors (Lipinski definition) is 1. The zero-order valence-corrected chi connectivity index (χ0v) is 7.53. The van der Waals surface area contributed by atoms with Crippen LogP contribution in [0.5, 0.6) is 0 Å². The van der Waals surface area contributed by atoms with E-state index in [-0.39, 0.29) is 6.61 Å². The fourth-order valence-electron chi connectivity index (χ4n) is 0.892. The first kappa shape index (κ1) is 10.2. The molecule has 0 saturated heterocycles.